The van der Waals surface area contributed by atoms with Gasteiger partial charge in [0, 0.05) is 39.6 Å². The van der Waals surface area contributed by atoms with Gasteiger partial charge >= 0.3 is 10.4 Å². The first-order valence-electron chi connectivity index (χ1n) is 7.03. The largest absolute Gasteiger partial charge is 0.399 e. The summed E-state index contributed by atoms with van der Waals surface area (Å²) in [5, 5.41) is 17.0. The van der Waals surface area contributed by atoms with Crippen molar-refractivity contribution in [3.63, 3.8) is 0 Å². The lowest BCUT2D eigenvalue weighted by molar-refractivity contribution is 0.0962. The molecule has 21 heavy (non-hydrogen) atoms. The van der Waals surface area contributed by atoms with Crippen LogP contribution >= 0.6 is 0 Å². The lowest BCUT2D eigenvalue weighted by atomic mass is 10.5. The second-order valence-electron chi connectivity index (χ2n) is 4.14. The zero-order valence-corrected chi connectivity index (χ0v) is 13.1. The highest BCUT2D eigenvalue weighted by Crippen LogP contribution is 1.99. The molecule has 0 heterocycles. The van der Waals surface area contributed by atoms with Crippen molar-refractivity contribution >= 4 is 10.4 Å². The average molecular weight is 330 g/mol. The van der Waals surface area contributed by atoms with E-state index < -0.39 is 10.4 Å². The van der Waals surface area contributed by atoms with Crippen LogP contribution in [0.5, 0.6) is 0 Å². The molecule has 0 radical (unpaired) electrons. The van der Waals surface area contributed by atoms with E-state index in [9.17, 15) is 8.42 Å². The third-order valence-electron chi connectivity index (χ3n) is 2.21. The molecule has 0 aliphatic carbocycles. The molecule has 0 saturated carbocycles. The van der Waals surface area contributed by atoms with Gasteiger partial charge in [0.05, 0.1) is 13.2 Å². The number of hydrogen-bond donors (Lipinski definition) is 2. The molecule has 0 amide bonds. The molecule has 0 aromatic heterocycles. The van der Waals surface area contributed by atoms with Gasteiger partial charge in [0.25, 0.3) is 0 Å². The normalized spacial score (nSPS) is 11.9. The average Bonchev–Trinajstić information content (AvgIpc) is 2.45. The Morgan fingerprint density at radius 3 is 1.38 bits per heavy atom. The fraction of sp³-hybridized carbons (Fsp3) is 1.00. The number of hydrogen-bond acceptors (Lipinski definition) is 8. The van der Waals surface area contributed by atoms with Gasteiger partial charge in [-0.1, -0.05) is 0 Å². The van der Waals surface area contributed by atoms with E-state index in [2.05, 4.69) is 8.37 Å². The fourth-order valence-corrected chi connectivity index (χ4v) is 1.93. The second kappa shape index (κ2) is 14.6. The summed E-state index contributed by atoms with van der Waals surface area (Å²) < 4.78 is 42.1. The van der Waals surface area contributed by atoms with Gasteiger partial charge in [0.1, 0.15) is 0 Å². The molecule has 0 unspecified atom stereocenters. The molecule has 2 N–H and O–H groups in total. The van der Waals surface area contributed by atoms with E-state index >= 15 is 0 Å². The van der Waals surface area contributed by atoms with Gasteiger partial charge in [-0.3, -0.25) is 0 Å². The van der Waals surface area contributed by atoms with Crippen LogP contribution in [0.15, 0.2) is 0 Å². The van der Waals surface area contributed by atoms with E-state index in [0.717, 1.165) is 0 Å². The lowest BCUT2D eigenvalue weighted by Gasteiger charge is -2.07. The second-order valence-corrected chi connectivity index (χ2v) is 5.43. The summed E-state index contributed by atoms with van der Waals surface area (Å²) in [6.45, 7) is 1.75. The first-order valence-corrected chi connectivity index (χ1v) is 8.36. The van der Waals surface area contributed by atoms with Crippen molar-refractivity contribution < 1.29 is 36.5 Å². The van der Waals surface area contributed by atoms with Crippen LogP contribution in [0.3, 0.4) is 0 Å². The van der Waals surface area contributed by atoms with Gasteiger partial charge in [-0.15, -0.1) is 0 Å². The van der Waals surface area contributed by atoms with Crippen LogP contribution in [-0.2, 0) is 28.2 Å². The number of aliphatic hydroxyl groups is 2. The third kappa shape index (κ3) is 15.9. The smallest absolute Gasteiger partial charge is 0.396 e. The monoisotopic (exact) mass is 330 g/mol. The van der Waals surface area contributed by atoms with Crippen molar-refractivity contribution in [3.05, 3.63) is 0 Å². The number of ether oxygens (including phenoxy) is 2. The first-order chi connectivity index (χ1) is 10.1. The highest BCUT2D eigenvalue weighted by atomic mass is 32.3. The molecule has 0 spiro atoms. The molecule has 0 atom stereocenters. The predicted octanol–water partition coefficient (Wildman–Crippen LogP) is -0.157. The molecule has 0 rings (SSSR count). The molecule has 0 fully saturated rings. The molecular weight excluding hydrogens is 304 g/mol. The molecule has 0 saturated heterocycles. The topological polar surface area (TPSA) is 112 Å². The molecular formula is C12H26O8S. The van der Waals surface area contributed by atoms with Gasteiger partial charge in [0.2, 0.25) is 0 Å². The third-order valence-corrected chi connectivity index (χ3v) is 3.13. The maximum Gasteiger partial charge on any atom is 0.399 e. The van der Waals surface area contributed by atoms with Crippen LogP contribution in [0, 0.1) is 0 Å². The van der Waals surface area contributed by atoms with Crippen molar-refractivity contribution in [1.82, 2.24) is 0 Å². The minimum Gasteiger partial charge on any atom is -0.396 e. The van der Waals surface area contributed by atoms with Crippen molar-refractivity contribution in [1.29, 1.82) is 0 Å². The molecule has 9 heteroatoms. The van der Waals surface area contributed by atoms with Gasteiger partial charge in [-0.25, -0.2) is 8.37 Å². The SMILES string of the molecule is O=S(=O)(OCCCOCCCO)OCCCOCCCO. The molecule has 0 bridgehead atoms. The van der Waals surface area contributed by atoms with E-state index in [0.29, 0.717) is 52.1 Å². The summed E-state index contributed by atoms with van der Waals surface area (Å²) >= 11 is 0. The zero-order valence-electron chi connectivity index (χ0n) is 12.2. The molecule has 0 aromatic rings. The van der Waals surface area contributed by atoms with Crippen LogP contribution in [0.4, 0.5) is 0 Å². The summed E-state index contributed by atoms with van der Waals surface area (Å²) in [5.74, 6) is 0. The van der Waals surface area contributed by atoms with Crippen molar-refractivity contribution in [3.8, 4) is 0 Å². The minimum absolute atomic E-state index is 0.00550. The van der Waals surface area contributed by atoms with Crippen LogP contribution < -0.4 is 0 Å². The van der Waals surface area contributed by atoms with Gasteiger partial charge in [-0.05, 0) is 25.7 Å². The Balaban J connectivity index is 3.39. The summed E-state index contributed by atoms with van der Waals surface area (Å²) in [5.41, 5.74) is 0. The number of aliphatic hydroxyl groups excluding tert-OH is 2. The quantitative estimate of drug-likeness (QED) is 0.376. The van der Waals surface area contributed by atoms with E-state index in [1.54, 1.807) is 0 Å². The fourth-order valence-electron chi connectivity index (χ4n) is 1.22. The molecule has 128 valence electrons. The van der Waals surface area contributed by atoms with Crippen LogP contribution in [-0.4, -0.2) is 71.5 Å². The summed E-state index contributed by atoms with van der Waals surface area (Å²) in [4.78, 5) is 0. The summed E-state index contributed by atoms with van der Waals surface area (Å²) in [6.07, 6.45) is 1.97. The predicted molar refractivity (Wildman–Crippen MR) is 75.1 cm³/mol. The Labute approximate surface area is 126 Å². The van der Waals surface area contributed by atoms with Crippen LogP contribution in [0.2, 0.25) is 0 Å². The number of rotatable bonds is 16. The van der Waals surface area contributed by atoms with Crippen LogP contribution in [0.1, 0.15) is 25.7 Å². The lowest BCUT2D eigenvalue weighted by Crippen LogP contribution is -2.14. The molecule has 0 aliphatic heterocycles. The van der Waals surface area contributed by atoms with Gasteiger partial charge < -0.3 is 19.7 Å². The molecule has 0 aliphatic rings. The Hall–Kier alpha value is -0.290. The maximum absolute atomic E-state index is 11.3. The summed E-state index contributed by atoms with van der Waals surface area (Å²) in [6, 6.07) is 0. The highest BCUT2D eigenvalue weighted by molar-refractivity contribution is 7.81. The standard InChI is InChI=1S/C12H26O8S/c13-5-1-7-17-9-3-11-19-21(15,16)20-12-4-10-18-8-2-6-14/h13-14H,1-12H2. The maximum atomic E-state index is 11.3. The Morgan fingerprint density at radius 2 is 1.00 bits per heavy atom. The zero-order chi connectivity index (χ0) is 15.8. The first kappa shape index (κ1) is 20.7. The van der Waals surface area contributed by atoms with Crippen LogP contribution in [0.25, 0.3) is 0 Å². The Kier molecular flexibility index (Phi) is 14.4. The van der Waals surface area contributed by atoms with Gasteiger partial charge in [0.15, 0.2) is 0 Å². The van der Waals surface area contributed by atoms with Crippen molar-refractivity contribution in [2.24, 2.45) is 0 Å². The molecule has 8 nitrogen and oxygen atoms in total. The van der Waals surface area contributed by atoms with Crippen molar-refractivity contribution in [2.45, 2.75) is 25.7 Å². The minimum atomic E-state index is -3.97. The van der Waals surface area contributed by atoms with Gasteiger partial charge in [-0.2, -0.15) is 8.42 Å². The highest BCUT2D eigenvalue weighted by Gasteiger charge is 2.11. The Morgan fingerprint density at radius 1 is 0.619 bits per heavy atom. The summed E-state index contributed by atoms with van der Waals surface area (Å²) in [7, 11) is -3.97. The Bertz CT molecular complexity index is 282. The molecule has 0 aromatic carbocycles. The van der Waals surface area contributed by atoms with E-state index in [4.69, 9.17) is 19.7 Å². The van der Waals surface area contributed by atoms with E-state index in [1.807, 2.05) is 0 Å². The van der Waals surface area contributed by atoms with E-state index in [1.165, 1.54) is 0 Å². The van der Waals surface area contributed by atoms with E-state index in [-0.39, 0.29) is 26.4 Å². The van der Waals surface area contributed by atoms with Crippen molar-refractivity contribution in [2.75, 3.05) is 52.9 Å².